The fraction of sp³-hybridized carbons (Fsp3) is 0.417. The lowest BCUT2D eigenvalue weighted by molar-refractivity contribution is -0.122. The Hall–Kier alpha value is -3.49. The fourth-order valence-electron chi connectivity index (χ4n) is 4.59. The van der Waals surface area contributed by atoms with Gasteiger partial charge in [0.25, 0.3) is 0 Å². The number of piperidine rings is 2. The van der Waals surface area contributed by atoms with Crippen LogP contribution in [0.2, 0.25) is 0 Å². The normalized spacial score (nSPS) is 19.6. The molecule has 4 rings (SSSR count). The third kappa shape index (κ3) is 5.44. The van der Waals surface area contributed by atoms with Gasteiger partial charge in [0.2, 0.25) is 21.8 Å². The average molecular weight is 497 g/mol. The van der Waals surface area contributed by atoms with E-state index in [1.54, 1.807) is 30.5 Å². The molecule has 3 N–H and O–H groups in total. The molecule has 2 saturated heterocycles. The van der Waals surface area contributed by atoms with E-state index in [1.807, 2.05) is 11.0 Å². The number of sulfonamides is 1. The van der Waals surface area contributed by atoms with Crippen LogP contribution < -0.4 is 16.0 Å². The largest absolute Gasteiger partial charge is 0.369 e. The van der Waals surface area contributed by atoms with Gasteiger partial charge in [0.05, 0.1) is 28.3 Å². The monoisotopic (exact) mass is 496 g/mol. The zero-order valence-electron chi connectivity index (χ0n) is 19.3. The lowest BCUT2D eigenvalue weighted by atomic mass is 9.97. The van der Waals surface area contributed by atoms with Crippen molar-refractivity contribution in [3.05, 3.63) is 48.2 Å². The van der Waals surface area contributed by atoms with E-state index in [9.17, 15) is 23.3 Å². The summed E-state index contributed by atoms with van der Waals surface area (Å²) < 4.78 is 27.3. The fourth-order valence-corrected chi connectivity index (χ4v) is 6.20. The number of amides is 2. The highest BCUT2D eigenvalue weighted by Gasteiger charge is 2.33. The van der Waals surface area contributed by atoms with Gasteiger partial charge < -0.3 is 16.0 Å². The van der Waals surface area contributed by atoms with Crippen LogP contribution >= 0.6 is 0 Å². The molecule has 1 atom stereocenters. The molecular formula is C24H28N6O4S. The summed E-state index contributed by atoms with van der Waals surface area (Å²) in [7, 11) is -3.80. The number of carbonyl (C=O) groups excluding carboxylic acids is 2. The Morgan fingerprint density at radius 1 is 1.06 bits per heavy atom. The second kappa shape index (κ2) is 10.4. The number of aromatic nitrogens is 1. The van der Waals surface area contributed by atoms with E-state index in [0.717, 1.165) is 25.2 Å². The molecule has 2 fully saturated rings. The molecule has 0 spiro atoms. The van der Waals surface area contributed by atoms with Gasteiger partial charge in [-0.1, -0.05) is 12.1 Å². The maximum atomic E-state index is 13.0. The van der Waals surface area contributed by atoms with Crippen molar-refractivity contribution >= 4 is 33.3 Å². The van der Waals surface area contributed by atoms with Crippen molar-refractivity contribution in [2.75, 3.05) is 36.4 Å². The summed E-state index contributed by atoms with van der Waals surface area (Å²) in [6.07, 6.45) is 4.00. The van der Waals surface area contributed by atoms with Crippen LogP contribution in [-0.2, 0) is 19.6 Å². The van der Waals surface area contributed by atoms with Crippen molar-refractivity contribution < 1.29 is 18.0 Å². The molecule has 0 saturated carbocycles. The van der Waals surface area contributed by atoms with Gasteiger partial charge >= 0.3 is 0 Å². The van der Waals surface area contributed by atoms with Gasteiger partial charge in [-0.2, -0.15) is 9.57 Å². The van der Waals surface area contributed by atoms with Crippen LogP contribution in [0.3, 0.4) is 0 Å². The number of hydrogen-bond donors (Lipinski definition) is 2. The molecule has 1 aromatic carbocycles. The Kier molecular flexibility index (Phi) is 7.33. The summed E-state index contributed by atoms with van der Waals surface area (Å²) in [5.41, 5.74) is 6.11. The maximum absolute atomic E-state index is 13.0. The van der Waals surface area contributed by atoms with E-state index in [4.69, 9.17) is 5.73 Å². The molecule has 0 bridgehead atoms. The summed E-state index contributed by atoms with van der Waals surface area (Å²) in [6, 6.07) is 11.6. The molecular weight excluding hydrogens is 468 g/mol. The Balaban J connectivity index is 1.33. The molecule has 1 unspecified atom stereocenters. The van der Waals surface area contributed by atoms with Crippen LogP contribution in [0, 0.1) is 23.2 Å². The third-order valence-electron chi connectivity index (χ3n) is 6.61. The predicted octanol–water partition coefficient (Wildman–Crippen LogP) is 1.69. The van der Waals surface area contributed by atoms with Crippen molar-refractivity contribution in [2.24, 2.45) is 17.6 Å². The number of rotatable bonds is 6. The van der Waals surface area contributed by atoms with E-state index < -0.39 is 10.0 Å². The standard InChI is InChI=1S/C24H28N6O4S/c25-14-18-4-1-2-6-21(18)35(33,34)30-12-9-17(10-13-30)24(32)28-20-7-8-22(27-15-20)29-11-3-5-19(16-29)23(26)31/h1-2,4,6-8,15,17,19H,3,5,9-13,16H2,(H2,26,31)(H,28,32). The predicted molar refractivity (Wildman–Crippen MR) is 130 cm³/mol. The molecule has 0 aliphatic carbocycles. The zero-order valence-corrected chi connectivity index (χ0v) is 20.1. The van der Waals surface area contributed by atoms with Crippen molar-refractivity contribution in [3.63, 3.8) is 0 Å². The van der Waals surface area contributed by atoms with Gasteiger partial charge in [-0.15, -0.1) is 0 Å². The van der Waals surface area contributed by atoms with E-state index in [0.29, 0.717) is 25.1 Å². The SMILES string of the molecule is N#Cc1ccccc1S(=O)(=O)N1CCC(C(=O)Nc2ccc(N3CCCC(C(N)=O)C3)nc2)CC1. The third-order valence-corrected chi connectivity index (χ3v) is 8.57. The molecule has 2 aliphatic rings. The van der Waals surface area contributed by atoms with Crippen molar-refractivity contribution in [1.82, 2.24) is 9.29 Å². The number of nitrogens with two attached hydrogens (primary N) is 1. The number of carbonyl (C=O) groups is 2. The lowest BCUT2D eigenvalue weighted by Gasteiger charge is -2.32. The smallest absolute Gasteiger partial charge is 0.244 e. The van der Waals surface area contributed by atoms with Crippen molar-refractivity contribution in [2.45, 2.75) is 30.6 Å². The summed E-state index contributed by atoms with van der Waals surface area (Å²) in [5.74, 6) is -0.267. The maximum Gasteiger partial charge on any atom is 0.244 e. The van der Waals surface area contributed by atoms with Gasteiger partial charge in [-0.05, 0) is 49.9 Å². The molecule has 1 aromatic heterocycles. The minimum atomic E-state index is -3.80. The molecule has 0 radical (unpaired) electrons. The molecule has 2 aliphatic heterocycles. The Bertz CT molecular complexity index is 1230. The number of nitrogens with one attached hydrogen (secondary N) is 1. The number of primary amides is 1. The van der Waals surface area contributed by atoms with Crippen LogP contribution in [-0.4, -0.2) is 55.7 Å². The summed E-state index contributed by atoms with van der Waals surface area (Å²) in [4.78, 5) is 30.7. The first-order chi connectivity index (χ1) is 16.8. The number of nitrogens with zero attached hydrogens (tertiary/aromatic N) is 4. The number of nitriles is 1. The van der Waals surface area contributed by atoms with E-state index in [-0.39, 0.29) is 47.2 Å². The van der Waals surface area contributed by atoms with Crippen LogP contribution in [0.4, 0.5) is 11.5 Å². The first-order valence-electron chi connectivity index (χ1n) is 11.6. The summed E-state index contributed by atoms with van der Waals surface area (Å²) in [6.45, 7) is 1.73. The highest BCUT2D eigenvalue weighted by Crippen LogP contribution is 2.27. The number of benzene rings is 1. The molecule has 11 heteroatoms. The molecule has 10 nitrogen and oxygen atoms in total. The van der Waals surface area contributed by atoms with E-state index in [2.05, 4.69) is 10.3 Å². The first kappa shape index (κ1) is 24.6. The van der Waals surface area contributed by atoms with E-state index >= 15 is 0 Å². The zero-order chi connectivity index (χ0) is 25.0. The highest BCUT2D eigenvalue weighted by atomic mass is 32.2. The molecule has 3 heterocycles. The summed E-state index contributed by atoms with van der Waals surface area (Å²) in [5, 5.41) is 12.1. The van der Waals surface area contributed by atoms with Gasteiger partial charge in [0.1, 0.15) is 11.9 Å². The quantitative estimate of drug-likeness (QED) is 0.618. The number of hydrogen-bond acceptors (Lipinski definition) is 7. The van der Waals surface area contributed by atoms with Gasteiger partial charge in [0, 0.05) is 32.1 Å². The molecule has 2 aromatic rings. The summed E-state index contributed by atoms with van der Waals surface area (Å²) >= 11 is 0. The molecule has 35 heavy (non-hydrogen) atoms. The van der Waals surface area contributed by atoms with Gasteiger partial charge in [-0.25, -0.2) is 13.4 Å². The number of pyridine rings is 1. The first-order valence-corrected chi connectivity index (χ1v) is 13.0. The van der Waals surface area contributed by atoms with Crippen LogP contribution in [0.1, 0.15) is 31.2 Å². The van der Waals surface area contributed by atoms with Gasteiger partial charge in [-0.3, -0.25) is 9.59 Å². The minimum absolute atomic E-state index is 0.00702. The van der Waals surface area contributed by atoms with Crippen LogP contribution in [0.15, 0.2) is 47.5 Å². The highest BCUT2D eigenvalue weighted by molar-refractivity contribution is 7.89. The Labute approximate surface area is 204 Å². The Morgan fingerprint density at radius 2 is 1.80 bits per heavy atom. The van der Waals surface area contributed by atoms with Crippen molar-refractivity contribution in [1.29, 1.82) is 5.26 Å². The number of anilines is 2. The van der Waals surface area contributed by atoms with Crippen molar-refractivity contribution in [3.8, 4) is 6.07 Å². The topological polar surface area (TPSA) is 149 Å². The van der Waals surface area contributed by atoms with E-state index in [1.165, 1.54) is 16.4 Å². The minimum Gasteiger partial charge on any atom is -0.369 e. The van der Waals surface area contributed by atoms with Crippen LogP contribution in [0.25, 0.3) is 0 Å². The van der Waals surface area contributed by atoms with Crippen LogP contribution in [0.5, 0.6) is 0 Å². The second-order valence-corrected chi connectivity index (χ2v) is 10.8. The van der Waals surface area contributed by atoms with Gasteiger partial charge in [0.15, 0.2) is 0 Å². The molecule has 184 valence electrons. The second-order valence-electron chi connectivity index (χ2n) is 8.87. The molecule has 2 amide bonds. The lowest BCUT2D eigenvalue weighted by Crippen LogP contribution is -2.41. The average Bonchev–Trinajstić information content (AvgIpc) is 2.89. The Morgan fingerprint density at radius 3 is 2.46 bits per heavy atom.